The van der Waals surface area contributed by atoms with Gasteiger partial charge in [0.15, 0.2) is 11.8 Å². The van der Waals surface area contributed by atoms with E-state index >= 15 is 0 Å². The molecule has 2 N–H and O–H groups in total. The molecular formula is C21H36IN7O. The van der Waals surface area contributed by atoms with Crippen molar-refractivity contribution in [3.63, 3.8) is 0 Å². The highest BCUT2D eigenvalue weighted by Crippen LogP contribution is 2.10. The lowest BCUT2D eigenvalue weighted by atomic mass is 10.3. The summed E-state index contributed by atoms with van der Waals surface area (Å²) in [5.74, 6) is 2.53. The number of aryl methyl sites for hydroxylation is 1. The van der Waals surface area contributed by atoms with Crippen molar-refractivity contribution < 1.29 is 4.74 Å². The fourth-order valence-corrected chi connectivity index (χ4v) is 2.77. The summed E-state index contributed by atoms with van der Waals surface area (Å²) in [6.07, 6.45) is 1.95. The van der Waals surface area contributed by atoms with Crippen LogP contribution in [0.4, 0.5) is 5.69 Å². The second kappa shape index (κ2) is 15.0. The Labute approximate surface area is 197 Å². The van der Waals surface area contributed by atoms with Crippen LogP contribution in [-0.4, -0.2) is 60.6 Å². The molecule has 0 aliphatic rings. The van der Waals surface area contributed by atoms with Crippen LogP contribution in [0.25, 0.3) is 0 Å². The summed E-state index contributed by atoms with van der Waals surface area (Å²) in [5.41, 5.74) is 1.23. The molecule has 0 fully saturated rings. The first kappa shape index (κ1) is 26.2. The second-order valence-electron chi connectivity index (χ2n) is 6.90. The van der Waals surface area contributed by atoms with Gasteiger partial charge in [-0.2, -0.15) is 0 Å². The van der Waals surface area contributed by atoms with Crippen molar-refractivity contribution in [1.82, 2.24) is 25.4 Å². The number of anilines is 1. The van der Waals surface area contributed by atoms with Gasteiger partial charge in [0, 0.05) is 52.6 Å². The Balaban J connectivity index is 0.00000450. The number of nitrogens with one attached hydrogen (secondary N) is 2. The average molecular weight is 529 g/mol. The van der Waals surface area contributed by atoms with Gasteiger partial charge in [0.1, 0.15) is 12.4 Å². The zero-order valence-electron chi connectivity index (χ0n) is 18.6. The SMILES string of the molecule is CCOCCCNC(=NCc1nnc(C)n1C)NCCCN(C)c1ccccc1.I. The number of hydrogen-bond acceptors (Lipinski definition) is 5. The van der Waals surface area contributed by atoms with Crippen LogP contribution in [0.5, 0.6) is 0 Å². The van der Waals surface area contributed by atoms with Crippen molar-refractivity contribution in [2.45, 2.75) is 33.2 Å². The van der Waals surface area contributed by atoms with Crippen LogP contribution < -0.4 is 15.5 Å². The summed E-state index contributed by atoms with van der Waals surface area (Å²) < 4.78 is 7.37. The molecule has 168 valence electrons. The van der Waals surface area contributed by atoms with E-state index in [2.05, 4.69) is 62.0 Å². The molecule has 0 saturated heterocycles. The molecular weight excluding hydrogens is 493 g/mol. The van der Waals surface area contributed by atoms with E-state index in [-0.39, 0.29) is 24.0 Å². The molecule has 0 aliphatic carbocycles. The van der Waals surface area contributed by atoms with Crippen molar-refractivity contribution in [3.05, 3.63) is 42.0 Å². The maximum Gasteiger partial charge on any atom is 0.191 e. The van der Waals surface area contributed by atoms with Gasteiger partial charge in [0.2, 0.25) is 0 Å². The fraction of sp³-hybridized carbons (Fsp3) is 0.571. The third kappa shape index (κ3) is 9.29. The van der Waals surface area contributed by atoms with Crippen LogP contribution in [0.15, 0.2) is 35.3 Å². The molecule has 0 spiro atoms. The summed E-state index contributed by atoms with van der Waals surface area (Å²) in [5, 5.41) is 15.1. The minimum atomic E-state index is 0. The molecule has 0 radical (unpaired) electrons. The number of ether oxygens (including phenoxy) is 1. The van der Waals surface area contributed by atoms with Crippen LogP contribution in [0.3, 0.4) is 0 Å². The lowest BCUT2D eigenvalue weighted by molar-refractivity contribution is 0.145. The van der Waals surface area contributed by atoms with Crippen molar-refractivity contribution in [2.24, 2.45) is 12.0 Å². The molecule has 1 aromatic carbocycles. The first-order valence-corrected chi connectivity index (χ1v) is 10.3. The number of guanidine groups is 1. The molecule has 0 amide bonds. The molecule has 8 nitrogen and oxygen atoms in total. The summed E-state index contributed by atoms with van der Waals surface area (Å²) in [6, 6.07) is 10.4. The summed E-state index contributed by atoms with van der Waals surface area (Å²) in [7, 11) is 4.08. The van der Waals surface area contributed by atoms with Crippen molar-refractivity contribution >= 4 is 35.6 Å². The molecule has 30 heavy (non-hydrogen) atoms. The second-order valence-corrected chi connectivity index (χ2v) is 6.90. The average Bonchev–Trinajstić information content (AvgIpc) is 3.06. The van der Waals surface area contributed by atoms with Crippen LogP contribution in [0, 0.1) is 6.92 Å². The van der Waals surface area contributed by atoms with Crippen LogP contribution >= 0.6 is 24.0 Å². The number of aliphatic imine (C=N–C) groups is 1. The van der Waals surface area contributed by atoms with Gasteiger partial charge in [-0.1, -0.05) is 18.2 Å². The molecule has 1 aromatic heterocycles. The maximum absolute atomic E-state index is 5.40. The van der Waals surface area contributed by atoms with E-state index in [0.29, 0.717) is 6.54 Å². The van der Waals surface area contributed by atoms with E-state index in [1.165, 1.54) is 5.69 Å². The third-order valence-corrected chi connectivity index (χ3v) is 4.68. The zero-order valence-corrected chi connectivity index (χ0v) is 20.9. The third-order valence-electron chi connectivity index (χ3n) is 4.68. The normalized spacial score (nSPS) is 11.1. The highest BCUT2D eigenvalue weighted by Gasteiger charge is 2.05. The predicted molar refractivity (Wildman–Crippen MR) is 134 cm³/mol. The smallest absolute Gasteiger partial charge is 0.191 e. The van der Waals surface area contributed by atoms with Gasteiger partial charge < -0.3 is 24.8 Å². The summed E-state index contributed by atoms with van der Waals surface area (Å²) >= 11 is 0. The highest BCUT2D eigenvalue weighted by atomic mass is 127. The molecule has 2 aromatic rings. The number of halogens is 1. The van der Waals surface area contributed by atoms with E-state index in [1.54, 1.807) is 0 Å². The first-order valence-electron chi connectivity index (χ1n) is 10.3. The number of rotatable bonds is 12. The Morgan fingerprint density at radius 1 is 1.13 bits per heavy atom. The van der Waals surface area contributed by atoms with Crippen molar-refractivity contribution in [1.29, 1.82) is 0 Å². The largest absolute Gasteiger partial charge is 0.382 e. The van der Waals surface area contributed by atoms with E-state index in [9.17, 15) is 0 Å². The number of hydrogen-bond donors (Lipinski definition) is 2. The van der Waals surface area contributed by atoms with Crippen molar-refractivity contribution in [2.75, 3.05) is 44.8 Å². The molecule has 0 saturated carbocycles. The van der Waals surface area contributed by atoms with E-state index in [0.717, 1.165) is 63.3 Å². The summed E-state index contributed by atoms with van der Waals surface area (Å²) in [6.45, 7) is 8.56. The zero-order chi connectivity index (χ0) is 20.9. The number of para-hydroxylation sites is 1. The monoisotopic (exact) mass is 529 g/mol. The summed E-state index contributed by atoms with van der Waals surface area (Å²) in [4.78, 5) is 6.94. The molecule has 1 heterocycles. The Hall–Kier alpha value is -1.88. The molecule has 0 atom stereocenters. The quantitative estimate of drug-likeness (QED) is 0.191. The van der Waals surface area contributed by atoms with Crippen LogP contribution in [-0.2, 0) is 18.3 Å². The first-order chi connectivity index (χ1) is 14.1. The van der Waals surface area contributed by atoms with Gasteiger partial charge >= 0.3 is 0 Å². The van der Waals surface area contributed by atoms with Gasteiger partial charge in [0.25, 0.3) is 0 Å². The highest BCUT2D eigenvalue weighted by molar-refractivity contribution is 14.0. The van der Waals surface area contributed by atoms with Gasteiger partial charge in [0.05, 0.1) is 0 Å². The lowest BCUT2D eigenvalue weighted by Gasteiger charge is -2.19. The molecule has 0 bridgehead atoms. The molecule has 0 unspecified atom stereocenters. The van der Waals surface area contributed by atoms with Gasteiger partial charge in [-0.15, -0.1) is 34.2 Å². The standard InChI is InChI=1S/C21H35N7O.HI/c1-5-29-16-10-14-23-21(24-17-20-26-25-18(2)28(20)4)22-13-9-15-27(3)19-11-7-6-8-12-19;/h6-8,11-12H,5,9-10,13-17H2,1-4H3,(H2,22,23,24);1H. The number of aromatic nitrogens is 3. The topological polar surface area (TPSA) is 79.6 Å². The van der Waals surface area contributed by atoms with Crippen LogP contribution in [0.1, 0.15) is 31.4 Å². The Morgan fingerprint density at radius 3 is 2.47 bits per heavy atom. The predicted octanol–water partition coefficient (Wildman–Crippen LogP) is 2.73. The van der Waals surface area contributed by atoms with Gasteiger partial charge in [-0.3, -0.25) is 0 Å². The molecule has 0 aliphatic heterocycles. The fourth-order valence-electron chi connectivity index (χ4n) is 2.77. The minimum Gasteiger partial charge on any atom is -0.382 e. The minimum absolute atomic E-state index is 0. The van der Waals surface area contributed by atoms with Gasteiger partial charge in [-0.25, -0.2) is 4.99 Å². The maximum atomic E-state index is 5.40. The Morgan fingerprint density at radius 2 is 1.83 bits per heavy atom. The van der Waals surface area contributed by atoms with Crippen molar-refractivity contribution in [3.8, 4) is 0 Å². The van der Waals surface area contributed by atoms with E-state index < -0.39 is 0 Å². The van der Waals surface area contributed by atoms with Gasteiger partial charge in [-0.05, 0) is 38.8 Å². The Bertz CT molecular complexity index is 736. The van der Waals surface area contributed by atoms with E-state index in [4.69, 9.17) is 4.74 Å². The lowest BCUT2D eigenvalue weighted by Crippen LogP contribution is -2.39. The Kier molecular flexibility index (Phi) is 13.1. The molecule has 9 heteroatoms. The van der Waals surface area contributed by atoms with Crippen LogP contribution in [0.2, 0.25) is 0 Å². The number of benzene rings is 1. The molecule has 2 rings (SSSR count). The van der Waals surface area contributed by atoms with E-state index in [1.807, 2.05) is 31.5 Å². The number of nitrogens with zero attached hydrogens (tertiary/aromatic N) is 5.